The summed E-state index contributed by atoms with van der Waals surface area (Å²) in [5, 5.41) is 0. The average Bonchev–Trinajstić information content (AvgIpc) is 3.27. The van der Waals surface area contributed by atoms with Gasteiger partial charge in [0.1, 0.15) is 0 Å². The fourth-order valence-corrected chi connectivity index (χ4v) is 7.02. The molecule has 3 fully saturated rings. The lowest BCUT2D eigenvalue weighted by Gasteiger charge is -2.50. The standard InChI is InChI=1S/C26H39N2O4S/c1-24(2,3)21-4-6-23(7-5-21)33(29)28-11-8-22-18-26(31-16-17-32-26)10-9-25(22,20-28)19-27-12-14-30-15-13-27/h4-8,29H,9-20H2,1-3H3/q+1/t25-,33?/m0/s1. The van der Waals surface area contributed by atoms with Gasteiger partial charge in [-0.1, -0.05) is 48.9 Å². The minimum absolute atomic E-state index is 0.0233. The van der Waals surface area contributed by atoms with Gasteiger partial charge in [0.2, 0.25) is 4.90 Å². The van der Waals surface area contributed by atoms with Crippen molar-refractivity contribution < 1.29 is 18.8 Å². The molecule has 3 aliphatic heterocycles. The van der Waals surface area contributed by atoms with E-state index in [0.717, 1.165) is 70.1 Å². The first-order chi connectivity index (χ1) is 15.8. The maximum absolute atomic E-state index is 11.4. The van der Waals surface area contributed by atoms with Crippen molar-refractivity contribution in [1.29, 1.82) is 0 Å². The van der Waals surface area contributed by atoms with E-state index >= 15 is 0 Å². The average molecular weight is 476 g/mol. The second-order valence-electron chi connectivity index (χ2n) is 11.0. The Bertz CT molecular complexity index is 856. The number of hydrogen-bond acceptors (Lipinski definition) is 6. The summed E-state index contributed by atoms with van der Waals surface area (Å²) >= 11 is -0.930. The molecule has 6 nitrogen and oxygen atoms in total. The smallest absolute Gasteiger partial charge is 0.278 e. The molecule has 0 amide bonds. The quantitative estimate of drug-likeness (QED) is 0.528. The predicted octanol–water partition coefficient (Wildman–Crippen LogP) is 3.84. The van der Waals surface area contributed by atoms with Crippen LogP contribution in [0, 0.1) is 5.41 Å². The fourth-order valence-electron chi connectivity index (χ4n) is 5.76. The Morgan fingerprint density at radius 3 is 2.36 bits per heavy atom. The van der Waals surface area contributed by atoms with Crippen LogP contribution in [0.15, 0.2) is 40.8 Å². The van der Waals surface area contributed by atoms with Gasteiger partial charge in [-0.05, 0) is 29.5 Å². The predicted molar refractivity (Wildman–Crippen MR) is 131 cm³/mol. The zero-order chi connectivity index (χ0) is 23.1. The van der Waals surface area contributed by atoms with Crippen LogP contribution in [0.1, 0.15) is 45.6 Å². The topological polar surface area (TPSA) is 54.4 Å². The molecule has 1 aromatic carbocycles. The summed E-state index contributed by atoms with van der Waals surface area (Å²) in [6.07, 6.45) is 5.15. The van der Waals surface area contributed by atoms with Crippen LogP contribution in [-0.4, -0.2) is 78.7 Å². The highest BCUT2D eigenvalue weighted by Gasteiger charge is 2.53. The lowest BCUT2D eigenvalue weighted by molar-refractivity contribution is -0.180. The lowest BCUT2D eigenvalue weighted by atomic mass is 9.66. The van der Waals surface area contributed by atoms with E-state index in [9.17, 15) is 4.55 Å². The van der Waals surface area contributed by atoms with Gasteiger partial charge < -0.3 is 14.2 Å². The third-order valence-corrected chi connectivity index (χ3v) is 9.23. The minimum Gasteiger partial charge on any atom is -0.379 e. The Morgan fingerprint density at radius 2 is 1.70 bits per heavy atom. The largest absolute Gasteiger partial charge is 0.379 e. The molecule has 182 valence electrons. The van der Waals surface area contributed by atoms with Crippen molar-refractivity contribution in [2.24, 2.45) is 5.41 Å². The molecule has 2 atom stereocenters. The van der Waals surface area contributed by atoms with Crippen LogP contribution in [0.5, 0.6) is 0 Å². The molecule has 1 N–H and O–H groups in total. The van der Waals surface area contributed by atoms with Crippen LogP contribution in [0.25, 0.3) is 0 Å². The van der Waals surface area contributed by atoms with Crippen molar-refractivity contribution in [2.45, 2.75) is 56.1 Å². The SMILES string of the molecule is CC(C)(C)c1ccc([S+](O)N2CC=C3CC4(CC[C@]3(CN3CCOCC3)C2)OCCO4)cc1. The fraction of sp³-hybridized carbons (Fsp3) is 0.692. The summed E-state index contributed by atoms with van der Waals surface area (Å²) in [5.41, 5.74) is 2.88. The van der Waals surface area contributed by atoms with Crippen LogP contribution in [0.4, 0.5) is 0 Å². The third kappa shape index (κ3) is 4.92. The van der Waals surface area contributed by atoms with Gasteiger partial charge in [-0.25, -0.2) is 0 Å². The van der Waals surface area contributed by atoms with Gasteiger partial charge in [-0.15, -0.1) is 0 Å². The van der Waals surface area contributed by atoms with E-state index in [1.165, 1.54) is 11.1 Å². The number of morpholine rings is 1. The molecule has 7 heteroatoms. The maximum atomic E-state index is 11.4. The highest BCUT2D eigenvalue weighted by Crippen LogP contribution is 2.51. The number of ether oxygens (including phenoxy) is 3. The van der Waals surface area contributed by atoms with E-state index in [0.29, 0.717) is 13.2 Å². The number of fused-ring (bicyclic) bond motifs is 1. The Balaban J connectivity index is 1.38. The van der Waals surface area contributed by atoms with Gasteiger partial charge in [0, 0.05) is 37.9 Å². The van der Waals surface area contributed by atoms with Crippen molar-refractivity contribution in [3.05, 3.63) is 41.5 Å². The molecule has 1 saturated carbocycles. The first kappa shape index (κ1) is 23.8. The van der Waals surface area contributed by atoms with Crippen molar-refractivity contribution >= 4 is 11.4 Å². The summed E-state index contributed by atoms with van der Waals surface area (Å²) in [6.45, 7) is 14.3. The lowest BCUT2D eigenvalue weighted by Crippen LogP contribution is -2.56. The van der Waals surface area contributed by atoms with E-state index in [1.54, 1.807) is 0 Å². The summed E-state index contributed by atoms with van der Waals surface area (Å²) < 4.78 is 31.4. The van der Waals surface area contributed by atoms with Crippen molar-refractivity contribution in [3.8, 4) is 0 Å². The molecule has 2 saturated heterocycles. The summed E-state index contributed by atoms with van der Waals surface area (Å²) in [6, 6.07) is 8.54. The second kappa shape index (κ2) is 9.26. The first-order valence-electron chi connectivity index (χ1n) is 12.4. The minimum atomic E-state index is -0.930. The summed E-state index contributed by atoms with van der Waals surface area (Å²) in [7, 11) is 0. The van der Waals surface area contributed by atoms with E-state index < -0.39 is 17.1 Å². The van der Waals surface area contributed by atoms with E-state index in [1.807, 2.05) is 0 Å². The van der Waals surface area contributed by atoms with Crippen LogP contribution < -0.4 is 0 Å². The van der Waals surface area contributed by atoms with Gasteiger partial charge >= 0.3 is 0 Å². The number of benzene rings is 1. The van der Waals surface area contributed by atoms with Crippen molar-refractivity contribution in [2.75, 3.05) is 59.2 Å². The Morgan fingerprint density at radius 1 is 1.00 bits per heavy atom. The molecule has 1 aliphatic carbocycles. The number of rotatable bonds is 4. The highest BCUT2D eigenvalue weighted by molar-refractivity contribution is 7.89. The highest BCUT2D eigenvalue weighted by atomic mass is 32.2. The van der Waals surface area contributed by atoms with Crippen molar-refractivity contribution in [3.63, 3.8) is 0 Å². The van der Waals surface area contributed by atoms with Crippen molar-refractivity contribution in [1.82, 2.24) is 9.21 Å². The van der Waals surface area contributed by atoms with Gasteiger partial charge in [0.05, 0.1) is 39.5 Å². The molecule has 4 aliphatic rings. The molecule has 1 unspecified atom stereocenters. The van der Waals surface area contributed by atoms with E-state index in [2.05, 4.69) is 60.3 Å². The molecular weight excluding hydrogens is 436 g/mol. The molecule has 33 heavy (non-hydrogen) atoms. The monoisotopic (exact) mass is 475 g/mol. The van der Waals surface area contributed by atoms with Crippen LogP contribution >= 0.6 is 0 Å². The number of hydrogen-bond donors (Lipinski definition) is 1. The van der Waals surface area contributed by atoms with Gasteiger partial charge in [0.25, 0.3) is 11.4 Å². The first-order valence-corrected chi connectivity index (χ1v) is 13.5. The Labute approximate surface area is 201 Å². The Kier molecular flexibility index (Phi) is 6.68. The van der Waals surface area contributed by atoms with Gasteiger partial charge in [0.15, 0.2) is 5.79 Å². The van der Waals surface area contributed by atoms with Crippen LogP contribution in [0.3, 0.4) is 0 Å². The molecule has 0 radical (unpaired) electrons. The Hall–Kier alpha value is -0.930. The second-order valence-corrected chi connectivity index (χ2v) is 12.6. The van der Waals surface area contributed by atoms with E-state index in [-0.39, 0.29) is 10.8 Å². The number of nitrogens with zero attached hydrogens (tertiary/aromatic N) is 2. The molecular formula is C26H39N2O4S+. The third-order valence-electron chi connectivity index (χ3n) is 7.77. The summed E-state index contributed by atoms with van der Waals surface area (Å²) in [5.74, 6) is -0.424. The molecule has 3 heterocycles. The summed E-state index contributed by atoms with van der Waals surface area (Å²) in [4.78, 5) is 3.54. The van der Waals surface area contributed by atoms with Gasteiger partial charge in [-0.2, -0.15) is 4.55 Å². The molecule has 0 aromatic heterocycles. The molecule has 0 bridgehead atoms. The van der Waals surface area contributed by atoms with Crippen LogP contribution in [0.2, 0.25) is 0 Å². The molecule has 1 aromatic rings. The molecule has 5 rings (SSSR count). The van der Waals surface area contributed by atoms with Crippen LogP contribution in [-0.2, 0) is 31.0 Å². The van der Waals surface area contributed by atoms with E-state index in [4.69, 9.17) is 14.2 Å². The molecule has 1 spiro atoms. The maximum Gasteiger partial charge on any atom is 0.278 e. The zero-order valence-electron chi connectivity index (χ0n) is 20.3. The zero-order valence-corrected chi connectivity index (χ0v) is 21.2. The normalized spacial score (nSPS) is 29.6. The van der Waals surface area contributed by atoms with Gasteiger partial charge in [-0.3, -0.25) is 4.90 Å².